The van der Waals surface area contributed by atoms with Gasteiger partial charge in [0.2, 0.25) is 11.9 Å². The van der Waals surface area contributed by atoms with Crippen LogP contribution in [0.2, 0.25) is 10.0 Å². The second-order valence-electron chi connectivity index (χ2n) is 7.68. The summed E-state index contributed by atoms with van der Waals surface area (Å²) in [6.45, 7) is 4.74. The van der Waals surface area contributed by atoms with E-state index in [-0.39, 0.29) is 11.5 Å². The van der Waals surface area contributed by atoms with Gasteiger partial charge < -0.3 is 10.6 Å². The Hall–Kier alpha value is -2.58. The predicted octanol–water partition coefficient (Wildman–Crippen LogP) is 3.59. The maximum absolute atomic E-state index is 12.6. The number of anilines is 1. The normalized spacial score (nSPS) is 11.6. The molecule has 0 aliphatic rings. The number of hydrogen-bond donors (Lipinski definition) is 3. The van der Waals surface area contributed by atoms with Crippen LogP contribution in [0.1, 0.15) is 32.3 Å². The molecule has 3 aromatic rings. The van der Waals surface area contributed by atoms with Gasteiger partial charge in [-0.2, -0.15) is 5.10 Å². The number of rotatable bonds is 8. The maximum Gasteiger partial charge on any atom is 0.278 e. The van der Waals surface area contributed by atoms with Crippen molar-refractivity contribution in [1.82, 2.24) is 25.1 Å². The largest absolute Gasteiger partial charge is 0.359 e. The van der Waals surface area contributed by atoms with E-state index in [1.807, 2.05) is 19.9 Å². The van der Waals surface area contributed by atoms with Crippen LogP contribution in [-0.4, -0.2) is 32.7 Å². The van der Waals surface area contributed by atoms with Gasteiger partial charge in [-0.05, 0) is 30.5 Å². The molecule has 0 atom stereocenters. The third kappa shape index (κ3) is 4.94. The number of nitrogens with one attached hydrogen (secondary N) is 3. The Morgan fingerprint density at radius 3 is 2.73 bits per heavy atom. The summed E-state index contributed by atoms with van der Waals surface area (Å²) < 4.78 is 1.63. The second kappa shape index (κ2) is 9.06. The van der Waals surface area contributed by atoms with Crippen LogP contribution in [-0.2, 0) is 17.9 Å². The minimum absolute atomic E-state index is 0.00923. The van der Waals surface area contributed by atoms with Crippen LogP contribution in [0.4, 0.5) is 5.95 Å². The quantitative estimate of drug-likeness (QED) is 0.486. The Morgan fingerprint density at radius 2 is 2.03 bits per heavy atom. The summed E-state index contributed by atoms with van der Waals surface area (Å²) in [6.07, 6.45) is 2.94. The van der Waals surface area contributed by atoms with E-state index in [9.17, 15) is 9.59 Å². The predicted molar refractivity (Wildman–Crippen MR) is 119 cm³/mol. The lowest BCUT2D eigenvalue weighted by atomic mass is 9.87. The smallest absolute Gasteiger partial charge is 0.278 e. The van der Waals surface area contributed by atoms with Crippen LogP contribution in [0.5, 0.6) is 0 Å². The number of benzene rings is 1. The van der Waals surface area contributed by atoms with Crippen LogP contribution >= 0.6 is 23.2 Å². The van der Waals surface area contributed by atoms with Crippen molar-refractivity contribution >= 4 is 46.1 Å². The molecule has 0 bridgehead atoms. The van der Waals surface area contributed by atoms with Crippen molar-refractivity contribution in [3.05, 3.63) is 50.4 Å². The number of halogens is 2. The van der Waals surface area contributed by atoms with E-state index in [1.165, 1.54) is 0 Å². The molecule has 2 aromatic heterocycles. The lowest BCUT2D eigenvalue weighted by molar-refractivity contribution is -0.129. The highest BCUT2D eigenvalue weighted by Gasteiger charge is 2.26. The molecule has 3 rings (SSSR count). The highest BCUT2D eigenvalue weighted by molar-refractivity contribution is 6.42. The molecular formula is C20H24Cl2N6O2. The van der Waals surface area contributed by atoms with Crippen LogP contribution < -0.4 is 16.2 Å². The van der Waals surface area contributed by atoms with Gasteiger partial charge in [-0.15, -0.1) is 0 Å². The van der Waals surface area contributed by atoms with E-state index in [2.05, 4.69) is 25.7 Å². The summed E-state index contributed by atoms with van der Waals surface area (Å²) >= 11 is 12.0. The first-order chi connectivity index (χ1) is 14.2. The number of hydrogen-bond acceptors (Lipinski definition) is 5. The van der Waals surface area contributed by atoms with E-state index in [0.29, 0.717) is 53.0 Å². The Labute approximate surface area is 184 Å². The standard InChI is InChI=1S/C20H24Cl2N6O2/c1-20(2,18(30)23-3)7-4-8-28-16-15(11-25-28)26-19(27-17(16)29)24-10-12-5-6-13(21)14(22)9-12/h5-6,9,11H,4,7-8,10H2,1-3H3,(H,23,30)(H2,24,26,27,29). The van der Waals surface area contributed by atoms with Crippen LogP contribution in [0.3, 0.4) is 0 Å². The number of amides is 1. The Kier molecular flexibility index (Phi) is 6.67. The fraction of sp³-hybridized carbons (Fsp3) is 0.400. The van der Waals surface area contributed by atoms with Gasteiger partial charge in [-0.25, -0.2) is 4.98 Å². The van der Waals surface area contributed by atoms with Crippen molar-refractivity contribution in [3.8, 4) is 0 Å². The molecule has 0 spiro atoms. The minimum atomic E-state index is -0.482. The van der Waals surface area contributed by atoms with Crippen molar-refractivity contribution < 1.29 is 4.79 Å². The van der Waals surface area contributed by atoms with E-state index < -0.39 is 5.41 Å². The van der Waals surface area contributed by atoms with Gasteiger partial charge in [-0.1, -0.05) is 43.1 Å². The first-order valence-electron chi connectivity index (χ1n) is 9.57. The third-order valence-electron chi connectivity index (χ3n) is 4.96. The fourth-order valence-electron chi connectivity index (χ4n) is 3.22. The molecule has 0 fully saturated rings. The monoisotopic (exact) mass is 450 g/mol. The van der Waals surface area contributed by atoms with E-state index in [1.54, 1.807) is 30.1 Å². The molecule has 10 heteroatoms. The van der Waals surface area contributed by atoms with Crippen LogP contribution in [0.15, 0.2) is 29.2 Å². The number of aryl methyl sites for hydroxylation is 1. The van der Waals surface area contributed by atoms with Gasteiger partial charge in [0.1, 0.15) is 5.52 Å². The molecule has 0 saturated heterocycles. The van der Waals surface area contributed by atoms with E-state index in [4.69, 9.17) is 23.2 Å². The van der Waals surface area contributed by atoms with Crippen LogP contribution in [0, 0.1) is 5.41 Å². The summed E-state index contributed by atoms with van der Waals surface area (Å²) in [5.41, 5.74) is 1.05. The van der Waals surface area contributed by atoms with Crippen molar-refractivity contribution in [2.24, 2.45) is 5.41 Å². The molecule has 0 unspecified atom stereocenters. The zero-order chi connectivity index (χ0) is 21.9. The SMILES string of the molecule is CNC(=O)C(C)(C)CCCn1ncc2nc(NCc3ccc(Cl)c(Cl)c3)[nH]c(=O)c21. The van der Waals surface area contributed by atoms with Crippen molar-refractivity contribution in [2.45, 2.75) is 39.8 Å². The average molecular weight is 451 g/mol. The third-order valence-corrected chi connectivity index (χ3v) is 5.70. The first-order valence-corrected chi connectivity index (χ1v) is 10.3. The zero-order valence-electron chi connectivity index (χ0n) is 17.1. The van der Waals surface area contributed by atoms with E-state index in [0.717, 1.165) is 5.56 Å². The van der Waals surface area contributed by atoms with Crippen molar-refractivity contribution in [3.63, 3.8) is 0 Å². The number of H-pyrrole nitrogens is 1. The second-order valence-corrected chi connectivity index (χ2v) is 8.50. The number of aromatic nitrogens is 4. The Balaban J connectivity index is 1.69. The zero-order valence-corrected chi connectivity index (χ0v) is 18.6. The molecular weight excluding hydrogens is 427 g/mol. The number of aromatic amines is 1. The summed E-state index contributed by atoms with van der Waals surface area (Å²) in [5, 5.41) is 11.0. The van der Waals surface area contributed by atoms with Gasteiger partial charge in [-0.3, -0.25) is 19.3 Å². The molecule has 2 heterocycles. The summed E-state index contributed by atoms with van der Waals surface area (Å²) in [7, 11) is 1.63. The lowest BCUT2D eigenvalue weighted by Crippen LogP contribution is -2.34. The van der Waals surface area contributed by atoms with E-state index >= 15 is 0 Å². The highest BCUT2D eigenvalue weighted by atomic mass is 35.5. The topological polar surface area (TPSA) is 105 Å². The number of carbonyl (C=O) groups is 1. The maximum atomic E-state index is 12.6. The molecule has 3 N–H and O–H groups in total. The molecule has 0 saturated carbocycles. The number of nitrogens with zero attached hydrogens (tertiary/aromatic N) is 3. The molecule has 0 aliphatic heterocycles. The summed E-state index contributed by atoms with van der Waals surface area (Å²) in [5.74, 6) is 0.337. The number of fused-ring (bicyclic) bond motifs is 1. The Morgan fingerprint density at radius 1 is 1.27 bits per heavy atom. The van der Waals surface area contributed by atoms with Gasteiger partial charge in [0.15, 0.2) is 5.52 Å². The molecule has 160 valence electrons. The summed E-state index contributed by atoms with van der Waals surface area (Å²) in [4.78, 5) is 31.7. The number of carbonyl (C=O) groups excluding carboxylic acids is 1. The average Bonchev–Trinajstić information content (AvgIpc) is 3.11. The van der Waals surface area contributed by atoms with Gasteiger partial charge in [0, 0.05) is 25.6 Å². The molecule has 30 heavy (non-hydrogen) atoms. The molecule has 0 aliphatic carbocycles. The fourth-order valence-corrected chi connectivity index (χ4v) is 3.54. The van der Waals surface area contributed by atoms with Crippen LogP contribution in [0.25, 0.3) is 11.0 Å². The molecule has 1 aromatic carbocycles. The lowest BCUT2D eigenvalue weighted by Gasteiger charge is -2.22. The summed E-state index contributed by atoms with van der Waals surface area (Å²) in [6, 6.07) is 5.32. The van der Waals surface area contributed by atoms with Gasteiger partial charge in [0.25, 0.3) is 5.56 Å². The van der Waals surface area contributed by atoms with Gasteiger partial charge >= 0.3 is 0 Å². The van der Waals surface area contributed by atoms with Crippen molar-refractivity contribution in [2.75, 3.05) is 12.4 Å². The highest BCUT2D eigenvalue weighted by Crippen LogP contribution is 2.24. The molecule has 0 radical (unpaired) electrons. The first kappa shape index (κ1) is 22.1. The molecule has 8 nitrogen and oxygen atoms in total. The van der Waals surface area contributed by atoms with Gasteiger partial charge in [0.05, 0.1) is 16.2 Å². The minimum Gasteiger partial charge on any atom is -0.359 e. The van der Waals surface area contributed by atoms with Crippen molar-refractivity contribution in [1.29, 1.82) is 0 Å². The molecule has 1 amide bonds. The Bertz CT molecular complexity index is 1120.